The lowest BCUT2D eigenvalue weighted by molar-refractivity contribution is -0.129. The lowest BCUT2D eigenvalue weighted by Gasteiger charge is -2.28. The van der Waals surface area contributed by atoms with Crippen molar-refractivity contribution in [3.63, 3.8) is 0 Å². The highest BCUT2D eigenvalue weighted by Crippen LogP contribution is 2.34. The van der Waals surface area contributed by atoms with E-state index in [1.807, 2.05) is 39.8 Å². The molecule has 0 unspecified atom stereocenters. The van der Waals surface area contributed by atoms with E-state index in [1.54, 1.807) is 0 Å². The smallest absolute Gasteiger partial charge is 0.320 e. The highest BCUT2D eigenvalue weighted by molar-refractivity contribution is 5.83. The number of hydrogen-bond donors (Lipinski definition) is 0. The van der Waals surface area contributed by atoms with Crippen LogP contribution in [0.1, 0.15) is 37.1 Å². The third-order valence-electron chi connectivity index (χ3n) is 5.52. The first kappa shape index (κ1) is 15.4. The second-order valence-corrected chi connectivity index (χ2v) is 7.09. The van der Waals surface area contributed by atoms with Gasteiger partial charge < -0.3 is 14.7 Å². The zero-order valence-electron chi connectivity index (χ0n) is 14.1. The number of amides is 3. The van der Waals surface area contributed by atoms with Gasteiger partial charge in [0.2, 0.25) is 5.91 Å². The number of likely N-dealkylation sites (tertiary alicyclic amines) is 3. The van der Waals surface area contributed by atoms with Gasteiger partial charge in [-0.05, 0) is 38.3 Å². The van der Waals surface area contributed by atoms with Gasteiger partial charge in [0.05, 0.1) is 24.3 Å². The van der Waals surface area contributed by atoms with E-state index in [0.717, 1.165) is 50.3 Å². The summed E-state index contributed by atoms with van der Waals surface area (Å²) in [7, 11) is 0. The summed E-state index contributed by atoms with van der Waals surface area (Å²) in [6.45, 7) is 4.99. The first-order chi connectivity index (χ1) is 11.6. The molecule has 3 aliphatic rings. The molecule has 4 heterocycles. The number of carbonyl (C=O) groups excluding carboxylic acids is 2. The van der Waals surface area contributed by atoms with Crippen LogP contribution >= 0.6 is 0 Å². The second-order valence-electron chi connectivity index (χ2n) is 7.09. The number of aryl methyl sites for hydroxylation is 1. The van der Waals surface area contributed by atoms with Gasteiger partial charge in [0, 0.05) is 31.7 Å². The van der Waals surface area contributed by atoms with Crippen LogP contribution in [0.4, 0.5) is 4.79 Å². The minimum atomic E-state index is 0.0374. The molecule has 24 heavy (non-hydrogen) atoms. The first-order valence-corrected chi connectivity index (χ1v) is 8.91. The predicted octanol–water partition coefficient (Wildman–Crippen LogP) is 1.78. The van der Waals surface area contributed by atoms with Gasteiger partial charge in [-0.1, -0.05) is 6.07 Å². The lowest BCUT2D eigenvalue weighted by atomic mass is 10.1. The Morgan fingerprint density at radius 3 is 2.75 bits per heavy atom. The van der Waals surface area contributed by atoms with Crippen LogP contribution in [-0.4, -0.2) is 63.3 Å². The Bertz CT molecular complexity index is 656. The molecule has 0 aliphatic carbocycles. The molecule has 1 aromatic heterocycles. The van der Waals surface area contributed by atoms with E-state index in [0.29, 0.717) is 13.0 Å². The summed E-state index contributed by atoms with van der Waals surface area (Å²) >= 11 is 0. The van der Waals surface area contributed by atoms with Gasteiger partial charge >= 0.3 is 6.03 Å². The van der Waals surface area contributed by atoms with Gasteiger partial charge in [0.1, 0.15) is 0 Å². The van der Waals surface area contributed by atoms with Crippen molar-refractivity contribution in [2.24, 2.45) is 0 Å². The number of carbonyl (C=O) groups is 2. The van der Waals surface area contributed by atoms with Crippen molar-refractivity contribution in [1.29, 1.82) is 0 Å². The quantitative estimate of drug-likeness (QED) is 0.831. The van der Waals surface area contributed by atoms with E-state index in [9.17, 15) is 9.59 Å². The molecular weight excluding hydrogens is 304 g/mol. The zero-order chi connectivity index (χ0) is 16.7. The van der Waals surface area contributed by atoms with Gasteiger partial charge in [0.15, 0.2) is 0 Å². The molecule has 6 nitrogen and oxygen atoms in total. The number of fused-ring (bicyclic) bond motifs is 1. The van der Waals surface area contributed by atoms with Crippen molar-refractivity contribution in [1.82, 2.24) is 19.7 Å². The van der Waals surface area contributed by atoms with Crippen LogP contribution in [0.15, 0.2) is 18.2 Å². The van der Waals surface area contributed by atoms with E-state index in [1.165, 1.54) is 0 Å². The van der Waals surface area contributed by atoms with E-state index in [2.05, 4.69) is 4.98 Å². The number of pyridine rings is 1. The minimum absolute atomic E-state index is 0.0374. The Morgan fingerprint density at radius 1 is 1.21 bits per heavy atom. The van der Waals surface area contributed by atoms with Crippen molar-refractivity contribution in [3.05, 3.63) is 29.6 Å². The molecule has 0 spiro atoms. The molecular formula is C18H24N4O2. The van der Waals surface area contributed by atoms with Crippen LogP contribution in [-0.2, 0) is 11.3 Å². The molecule has 6 heteroatoms. The maximum Gasteiger partial charge on any atom is 0.320 e. The largest absolute Gasteiger partial charge is 0.332 e. The third kappa shape index (κ3) is 2.64. The topological polar surface area (TPSA) is 56.8 Å². The summed E-state index contributed by atoms with van der Waals surface area (Å²) in [4.78, 5) is 35.6. The van der Waals surface area contributed by atoms with Gasteiger partial charge in [0.25, 0.3) is 0 Å². The summed E-state index contributed by atoms with van der Waals surface area (Å²) in [6, 6.07) is 6.22. The maximum atomic E-state index is 12.7. The number of rotatable bonds is 2. The maximum absolute atomic E-state index is 12.7. The van der Waals surface area contributed by atoms with Crippen LogP contribution < -0.4 is 0 Å². The molecule has 3 aliphatic heterocycles. The Morgan fingerprint density at radius 2 is 2.00 bits per heavy atom. The predicted molar refractivity (Wildman–Crippen MR) is 89.2 cm³/mol. The highest BCUT2D eigenvalue weighted by atomic mass is 16.2. The molecule has 0 saturated carbocycles. The number of aromatic nitrogens is 1. The van der Waals surface area contributed by atoms with E-state index < -0.39 is 0 Å². The van der Waals surface area contributed by atoms with E-state index in [4.69, 9.17) is 0 Å². The van der Waals surface area contributed by atoms with Gasteiger partial charge in [-0.3, -0.25) is 9.78 Å². The average molecular weight is 328 g/mol. The molecule has 4 rings (SSSR count). The molecule has 0 aromatic carbocycles. The molecule has 2 atom stereocenters. The molecule has 0 N–H and O–H groups in total. The SMILES string of the molecule is Cc1cccc(CN2C(=O)C[C@H]3[C@@H]2CCN3C(=O)N2CCCC2)n1. The Kier molecular flexibility index (Phi) is 3.90. The summed E-state index contributed by atoms with van der Waals surface area (Å²) in [6.07, 6.45) is 3.52. The Hall–Kier alpha value is -2.11. The Labute approximate surface area is 142 Å². The van der Waals surface area contributed by atoms with Crippen molar-refractivity contribution < 1.29 is 9.59 Å². The number of urea groups is 1. The monoisotopic (exact) mass is 328 g/mol. The zero-order valence-corrected chi connectivity index (χ0v) is 14.1. The van der Waals surface area contributed by atoms with Crippen LogP contribution in [0, 0.1) is 6.92 Å². The Balaban J connectivity index is 1.48. The van der Waals surface area contributed by atoms with Crippen molar-refractivity contribution in [2.45, 2.75) is 51.2 Å². The van der Waals surface area contributed by atoms with Crippen molar-refractivity contribution in [3.8, 4) is 0 Å². The summed E-state index contributed by atoms with van der Waals surface area (Å²) < 4.78 is 0. The first-order valence-electron chi connectivity index (χ1n) is 8.91. The van der Waals surface area contributed by atoms with Crippen molar-refractivity contribution in [2.75, 3.05) is 19.6 Å². The van der Waals surface area contributed by atoms with Crippen LogP contribution in [0.3, 0.4) is 0 Å². The lowest BCUT2D eigenvalue weighted by Crippen LogP contribution is -2.46. The van der Waals surface area contributed by atoms with Gasteiger partial charge in [-0.2, -0.15) is 0 Å². The number of nitrogens with zero attached hydrogens (tertiary/aromatic N) is 4. The fraction of sp³-hybridized carbons (Fsp3) is 0.611. The minimum Gasteiger partial charge on any atom is -0.332 e. The normalized spacial score (nSPS) is 26.4. The van der Waals surface area contributed by atoms with Crippen LogP contribution in [0.2, 0.25) is 0 Å². The summed E-state index contributed by atoms with van der Waals surface area (Å²) in [5.41, 5.74) is 1.89. The molecule has 3 fully saturated rings. The van der Waals surface area contributed by atoms with Gasteiger partial charge in [-0.15, -0.1) is 0 Å². The molecule has 0 bridgehead atoms. The molecule has 3 saturated heterocycles. The molecule has 128 valence electrons. The van der Waals surface area contributed by atoms with Crippen LogP contribution in [0.25, 0.3) is 0 Å². The van der Waals surface area contributed by atoms with Crippen molar-refractivity contribution >= 4 is 11.9 Å². The van der Waals surface area contributed by atoms with Gasteiger partial charge in [-0.25, -0.2) is 4.79 Å². The highest BCUT2D eigenvalue weighted by Gasteiger charge is 2.49. The standard InChI is InChI=1S/C18H24N4O2/c1-13-5-4-6-14(19-13)12-22-15-7-10-21(16(15)11-17(22)23)18(24)20-8-2-3-9-20/h4-6,15-16H,2-3,7-12H2,1H3/t15-,16-/m0/s1. The van der Waals surface area contributed by atoms with E-state index in [-0.39, 0.29) is 24.0 Å². The fourth-order valence-electron chi connectivity index (χ4n) is 4.32. The average Bonchev–Trinajstić information content (AvgIpc) is 3.26. The van der Waals surface area contributed by atoms with E-state index >= 15 is 0 Å². The summed E-state index contributed by atoms with van der Waals surface area (Å²) in [5.74, 6) is 0.146. The fourth-order valence-corrected chi connectivity index (χ4v) is 4.32. The molecule has 0 radical (unpaired) electrons. The molecule has 1 aromatic rings. The number of hydrogen-bond acceptors (Lipinski definition) is 3. The third-order valence-corrected chi connectivity index (χ3v) is 5.52. The summed E-state index contributed by atoms with van der Waals surface area (Å²) in [5, 5.41) is 0. The van der Waals surface area contributed by atoms with Crippen LogP contribution in [0.5, 0.6) is 0 Å². The molecule has 3 amide bonds. The second kappa shape index (κ2) is 6.07.